The van der Waals surface area contributed by atoms with Crippen LogP contribution in [0.1, 0.15) is 30.9 Å². The second-order valence-corrected chi connectivity index (χ2v) is 8.67. The van der Waals surface area contributed by atoms with Crippen molar-refractivity contribution in [3.63, 3.8) is 0 Å². The first kappa shape index (κ1) is 29.6. The zero-order valence-corrected chi connectivity index (χ0v) is 21.1. The van der Waals surface area contributed by atoms with Crippen LogP contribution >= 0.6 is 0 Å². The molecule has 3 rings (SSSR count). The summed E-state index contributed by atoms with van der Waals surface area (Å²) >= 11 is 0. The SMILES string of the molecule is CCN(C=O)/C(CO)=N\N(C)c1cc(OCC(F)(F)F)c(/C(F)=C/c2cccc(NC(=O)C3CC3)c2)cc1F. The zero-order valence-electron chi connectivity index (χ0n) is 21.1. The summed E-state index contributed by atoms with van der Waals surface area (Å²) in [6.45, 7) is -0.723. The lowest BCUT2D eigenvalue weighted by Crippen LogP contribution is -2.34. The van der Waals surface area contributed by atoms with Gasteiger partial charge in [0.15, 0.2) is 12.4 Å². The third-order valence-corrected chi connectivity index (χ3v) is 5.65. The van der Waals surface area contributed by atoms with Crippen molar-refractivity contribution in [3.05, 3.63) is 53.3 Å². The number of aliphatic hydroxyl groups excluding tert-OH is 1. The van der Waals surface area contributed by atoms with Gasteiger partial charge >= 0.3 is 6.18 Å². The number of benzene rings is 2. The maximum absolute atomic E-state index is 15.3. The number of carbonyl (C=O) groups excluding carboxylic acids is 2. The molecular formula is C26H27F5N4O4. The van der Waals surface area contributed by atoms with Gasteiger partial charge in [-0.15, -0.1) is 0 Å². The van der Waals surface area contributed by atoms with Crippen LogP contribution in [0.4, 0.5) is 33.3 Å². The van der Waals surface area contributed by atoms with Gasteiger partial charge in [0.2, 0.25) is 12.3 Å². The Kier molecular flexibility index (Phi) is 9.62. The number of amidine groups is 1. The number of nitrogens with one attached hydrogen (secondary N) is 1. The van der Waals surface area contributed by atoms with Crippen molar-refractivity contribution in [2.45, 2.75) is 25.9 Å². The quantitative estimate of drug-likeness (QED) is 0.104. The van der Waals surface area contributed by atoms with Crippen LogP contribution in [-0.2, 0) is 9.59 Å². The number of nitrogens with zero attached hydrogens (tertiary/aromatic N) is 3. The molecule has 0 bridgehead atoms. The van der Waals surface area contributed by atoms with Gasteiger partial charge in [-0.25, -0.2) is 8.78 Å². The monoisotopic (exact) mass is 554 g/mol. The molecule has 0 unspecified atom stereocenters. The van der Waals surface area contributed by atoms with E-state index in [1.54, 1.807) is 19.1 Å². The predicted octanol–water partition coefficient (Wildman–Crippen LogP) is 4.80. The minimum absolute atomic E-state index is 0.0600. The van der Waals surface area contributed by atoms with Crippen molar-refractivity contribution >= 4 is 41.4 Å². The van der Waals surface area contributed by atoms with E-state index in [2.05, 4.69) is 10.4 Å². The molecule has 0 aliphatic heterocycles. The summed E-state index contributed by atoms with van der Waals surface area (Å²) < 4.78 is 74.0. The van der Waals surface area contributed by atoms with Crippen molar-refractivity contribution in [1.82, 2.24) is 4.90 Å². The highest BCUT2D eigenvalue weighted by Gasteiger charge is 2.30. The Hall–Kier alpha value is -4.00. The molecule has 0 saturated heterocycles. The van der Waals surface area contributed by atoms with E-state index in [0.29, 0.717) is 18.2 Å². The molecule has 0 radical (unpaired) electrons. The smallest absolute Gasteiger partial charge is 0.422 e. The lowest BCUT2D eigenvalue weighted by Gasteiger charge is -2.22. The first-order valence-electron chi connectivity index (χ1n) is 11.9. The first-order valence-corrected chi connectivity index (χ1v) is 11.9. The lowest BCUT2D eigenvalue weighted by atomic mass is 10.1. The molecule has 2 aromatic rings. The van der Waals surface area contributed by atoms with Gasteiger partial charge in [-0.1, -0.05) is 12.1 Å². The maximum atomic E-state index is 15.3. The fraction of sp³-hybridized carbons (Fsp3) is 0.346. The van der Waals surface area contributed by atoms with Crippen LogP contribution in [-0.4, -0.2) is 61.1 Å². The van der Waals surface area contributed by atoms with Gasteiger partial charge in [-0.2, -0.15) is 18.3 Å². The molecule has 210 valence electrons. The summed E-state index contributed by atoms with van der Waals surface area (Å²) in [4.78, 5) is 24.2. The van der Waals surface area contributed by atoms with E-state index in [4.69, 9.17) is 4.74 Å². The topological polar surface area (TPSA) is 94.5 Å². The Labute approximate surface area is 221 Å². The highest BCUT2D eigenvalue weighted by molar-refractivity contribution is 5.94. The number of ether oxygens (including phenoxy) is 1. The molecule has 1 fully saturated rings. The predicted molar refractivity (Wildman–Crippen MR) is 136 cm³/mol. The van der Waals surface area contributed by atoms with E-state index < -0.39 is 48.0 Å². The molecule has 8 nitrogen and oxygen atoms in total. The Morgan fingerprint density at radius 3 is 2.56 bits per heavy atom. The van der Waals surface area contributed by atoms with Crippen molar-refractivity contribution in [3.8, 4) is 5.75 Å². The number of hydrogen-bond donors (Lipinski definition) is 2. The van der Waals surface area contributed by atoms with E-state index in [9.17, 15) is 27.9 Å². The molecule has 0 heterocycles. The number of amides is 2. The van der Waals surface area contributed by atoms with Crippen molar-refractivity contribution in [1.29, 1.82) is 0 Å². The first-order chi connectivity index (χ1) is 18.4. The fourth-order valence-electron chi connectivity index (χ4n) is 3.50. The number of hydrogen-bond acceptors (Lipinski definition) is 6. The lowest BCUT2D eigenvalue weighted by molar-refractivity contribution is -0.153. The average Bonchev–Trinajstić information content (AvgIpc) is 3.73. The molecule has 39 heavy (non-hydrogen) atoms. The molecule has 13 heteroatoms. The summed E-state index contributed by atoms with van der Waals surface area (Å²) in [6, 6.07) is 7.62. The number of hydrazone groups is 1. The van der Waals surface area contributed by atoms with Gasteiger partial charge in [-0.05, 0) is 49.6 Å². The number of rotatable bonds is 11. The number of carbonyl (C=O) groups is 2. The van der Waals surface area contributed by atoms with Crippen LogP contribution in [0.2, 0.25) is 0 Å². The van der Waals surface area contributed by atoms with Gasteiger partial charge in [0.25, 0.3) is 0 Å². The van der Waals surface area contributed by atoms with Gasteiger partial charge in [0, 0.05) is 31.3 Å². The van der Waals surface area contributed by atoms with Crippen molar-refractivity contribution < 1.29 is 41.4 Å². The Balaban J connectivity index is 1.98. The second-order valence-electron chi connectivity index (χ2n) is 8.67. The van der Waals surface area contributed by atoms with Gasteiger partial charge in [-0.3, -0.25) is 19.5 Å². The highest BCUT2D eigenvalue weighted by Crippen LogP contribution is 2.36. The molecular weight excluding hydrogens is 527 g/mol. The summed E-state index contributed by atoms with van der Waals surface area (Å²) in [5, 5.41) is 17.1. The number of alkyl halides is 3. The summed E-state index contributed by atoms with van der Waals surface area (Å²) in [7, 11) is 1.23. The summed E-state index contributed by atoms with van der Waals surface area (Å²) in [5.74, 6) is -3.15. The second kappa shape index (κ2) is 12.7. The third kappa shape index (κ3) is 8.24. The average molecular weight is 555 g/mol. The van der Waals surface area contributed by atoms with Crippen LogP contribution in [0, 0.1) is 11.7 Å². The molecule has 0 atom stereocenters. The van der Waals surface area contributed by atoms with Crippen molar-refractivity contribution in [2.75, 3.05) is 37.1 Å². The van der Waals surface area contributed by atoms with Crippen LogP contribution in [0.25, 0.3) is 11.9 Å². The number of likely N-dealkylation sites (N-methyl/N-ethyl adjacent to an activating group) is 1. The minimum atomic E-state index is -4.76. The highest BCUT2D eigenvalue weighted by atomic mass is 19.4. The van der Waals surface area contributed by atoms with Crippen LogP contribution in [0.15, 0.2) is 41.5 Å². The van der Waals surface area contributed by atoms with Gasteiger partial charge in [0.05, 0.1) is 11.3 Å². The molecule has 0 spiro atoms. The standard InChI is InChI=1S/C26H27F5N4O4/c1-3-35(15-37)24(13-36)33-34(2)22-12-23(39-14-26(29,30)31)19(11-21(22)28)20(27)10-16-5-4-6-18(9-16)32-25(38)17-7-8-17/h4-6,9-12,15,17,36H,3,7-8,13-14H2,1-2H3,(H,32,38)/b20-10-,33-24-. The van der Waals surface area contributed by atoms with E-state index in [1.165, 1.54) is 19.2 Å². The van der Waals surface area contributed by atoms with E-state index in [-0.39, 0.29) is 29.8 Å². The van der Waals surface area contributed by atoms with Crippen LogP contribution < -0.4 is 15.1 Å². The van der Waals surface area contributed by atoms with E-state index in [0.717, 1.165) is 34.9 Å². The molecule has 2 amide bonds. The molecule has 0 aromatic heterocycles. The minimum Gasteiger partial charge on any atom is -0.483 e. The van der Waals surface area contributed by atoms with E-state index >= 15 is 8.78 Å². The summed E-state index contributed by atoms with van der Waals surface area (Å²) in [6.07, 6.45) is -1.82. The van der Waals surface area contributed by atoms with Crippen LogP contribution in [0.3, 0.4) is 0 Å². The number of halogens is 5. The summed E-state index contributed by atoms with van der Waals surface area (Å²) in [5.41, 5.74) is -0.327. The Morgan fingerprint density at radius 2 is 1.97 bits per heavy atom. The van der Waals surface area contributed by atoms with Gasteiger partial charge < -0.3 is 15.2 Å². The molecule has 1 aliphatic rings. The van der Waals surface area contributed by atoms with E-state index in [1.807, 2.05) is 0 Å². The Bertz CT molecular complexity index is 1260. The Morgan fingerprint density at radius 1 is 1.26 bits per heavy atom. The zero-order chi connectivity index (χ0) is 28.7. The molecule has 2 aromatic carbocycles. The molecule has 1 aliphatic carbocycles. The number of anilines is 2. The normalized spacial score (nSPS) is 14.2. The third-order valence-electron chi connectivity index (χ3n) is 5.65. The molecule has 2 N–H and O–H groups in total. The number of aliphatic hydroxyl groups is 1. The molecule has 1 saturated carbocycles. The van der Waals surface area contributed by atoms with Crippen molar-refractivity contribution in [2.24, 2.45) is 11.0 Å². The van der Waals surface area contributed by atoms with Crippen LogP contribution in [0.5, 0.6) is 5.75 Å². The maximum Gasteiger partial charge on any atom is 0.422 e. The fourth-order valence-corrected chi connectivity index (χ4v) is 3.50. The largest absolute Gasteiger partial charge is 0.483 e. The van der Waals surface area contributed by atoms with Gasteiger partial charge in [0.1, 0.15) is 24.0 Å².